The van der Waals surface area contributed by atoms with E-state index in [0.29, 0.717) is 18.7 Å². The van der Waals surface area contributed by atoms with Crippen molar-refractivity contribution in [1.29, 1.82) is 0 Å². The number of carboxylic acid groups (broad SMARTS) is 1. The Labute approximate surface area is 111 Å². The molecule has 1 saturated carbocycles. The van der Waals surface area contributed by atoms with Gasteiger partial charge in [-0.15, -0.1) is 0 Å². The third kappa shape index (κ3) is 2.94. The van der Waals surface area contributed by atoms with Crippen LogP contribution >= 0.6 is 0 Å². The van der Waals surface area contributed by atoms with Crippen molar-refractivity contribution in [2.75, 3.05) is 5.32 Å². The van der Waals surface area contributed by atoms with E-state index in [0.717, 1.165) is 24.8 Å². The molecule has 1 amide bonds. The van der Waals surface area contributed by atoms with E-state index in [-0.39, 0.29) is 5.91 Å². The van der Waals surface area contributed by atoms with Crippen molar-refractivity contribution in [2.24, 2.45) is 11.8 Å². The molecule has 1 heterocycles. The van der Waals surface area contributed by atoms with Crippen LogP contribution in [0.1, 0.15) is 38.2 Å². The van der Waals surface area contributed by atoms with Crippen LogP contribution in [0.15, 0.2) is 6.20 Å². The van der Waals surface area contributed by atoms with Crippen molar-refractivity contribution in [3.63, 3.8) is 0 Å². The van der Waals surface area contributed by atoms with Gasteiger partial charge in [0.15, 0.2) is 0 Å². The quantitative estimate of drug-likeness (QED) is 0.773. The molecule has 0 aliphatic heterocycles. The number of aliphatic carboxylic acids is 1. The van der Waals surface area contributed by atoms with Crippen LogP contribution in [-0.2, 0) is 16.0 Å². The van der Waals surface area contributed by atoms with Gasteiger partial charge in [0.2, 0.25) is 5.91 Å². The molecule has 1 aromatic heterocycles. The van der Waals surface area contributed by atoms with Gasteiger partial charge in [-0.25, -0.2) is 0 Å². The molecule has 0 radical (unpaired) electrons. The highest BCUT2D eigenvalue weighted by Crippen LogP contribution is 2.31. The number of amides is 1. The number of hydrogen-bond donors (Lipinski definition) is 3. The fourth-order valence-electron chi connectivity index (χ4n) is 2.64. The lowest BCUT2D eigenvalue weighted by atomic mass is 9.78. The highest BCUT2D eigenvalue weighted by atomic mass is 16.4. The van der Waals surface area contributed by atoms with E-state index in [1.807, 2.05) is 6.92 Å². The number of rotatable bonds is 4. The van der Waals surface area contributed by atoms with Crippen LogP contribution in [0, 0.1) is 11.8 Å². The predicted octanol–water partition coefficient (Wildman–Crippen LogP) is 1.80. The van der Waals surface area contributed by atoms with Crippen molar-refractivity contribution in [2.45, 2.75) is 39.0 Å². The van der Waals surface area contributed by atoms with Crippen LogP contribution in [0.4, 0.5) is 5.82 Å². The van der Waals surface area contributed by atoms with Gasteiger partial charge in [0.05, 0.1) is 18.0 Å². The summed E-state index contributed by atoms with van der Waals surface area (Å²) >= 11 is 0. The fraction of sp³-hybridized carbons (Fsp3) is 0.615. The Bertz CT molecular complexity index is 469. The highest BCUT2D eigenvalue weighted by molar-refractivity contribution is 5.95. The van der Waals surface area contributed by atoms with Gasteiger partial charge in [0, 0.05) is 5.56 Å². The molecule has 1 aliphatic carbocycles. The van der Waals surface area contributed by atoms with Gasteiger partial charge in [-0.05, 0) is 19.3 Å². The second-order valence-corrected chi connectivity index (χ2v) is 4.95. The SMILES string of the molecule is CCc1cn[nH]c1NC(=O)C1CCCCC1C(=O)O. The van der Waals surface area contributed by atoms with E-state index in [9.17, 15) is 14.7 Å². The van der Waals surface area contributed by atoms with E-state index >= 15 is 0 Å². The summed E-state index contributed by atoms with van der Waals surface area (Å²) in [5.41, 5.74) is 0.927. The molecular formula is C13H19N3O3. The first kappa shape index (κ1) is 13.6. The Balaban J connectivity index is 2.07. The average Bonchev–Trinajstić information content (AvgIpc) is 2.85. The standard InChI is InChI=1S/C13H19N3O3/c1-2-8-7-14-16-11(8)15-12(17)9-5-3-4-6-10(9)13(18)19/h7,9-10H,2-6H2,1H3,(H,18,19)(H2,14,15,16,17). The van der Waals surface area contributed by atoms with Crippen LogP contribution in [0.2, 0.25) is 0 Å². The highest BCUT2D eigenvalue weighted by Gasteiger charge is 2.35. The number of aromatic nitrogens is 2. The van der Waals surface area contributed by atoms with Gasteiger partial charge >= 0.3 is 5.97 Å². The topological polar surface area (TPSA) is 95.1 Å². The summed E-state index contributed by atoms with van der Waals surface area (Å²) < 4.78 is 0. The largest absolute Gasteiger partial charge is 0.481 e. The van der Waals surface area contributed by atoms with Gasteiger partial charge in [-0.1, -0.05) is 19.8 Å². The molecule has 2 atom stereocenters. The van der Waals surface area contributed by atoms with E-state index in [1.54, 1.807) is 6.20 Å². The second-order valence-electron chi connectivity index (χ2n) is 4.95. The minimum atomic E-state index is -0.875. The Morgan fingerprint density at radius 1 is 1.42 bits per heavy atom. The van der Waals surface area contributed by atoms with Crippen LogP contribution in [0.3, 0.4) is 0 Å². The predicted molar refractivity (Wildman–Crippen MR) is 69.7 cm³/mol. The molecular weight excluding hydrogens is 246 g/mol. The summed E-state index contributed by atoms with van der Waals surface area (Å²) in [5.74, 6) is -1.52. The molecule has 0 spiro atoms. The number of aromatic amines is 1. The third-order valence-electron chi connectivity index (χ3n) is 3.77. The van der Waals surface area contributed by atoms with Gasteiger partial charge in [0.1, 0.15) is 5.82 Å². The lowest BCUT2D eigenvalue weighted by Gasteiger charge is -2.27. The summed E-state index contributed by atoms with van der Waals surface area (Å²) in [7, 11) is 0. The first-order chi connectivity index (χ1) is 9.13. The number of H-pyrrole nitrogens is 1. The summed E-state index contributed by atoms with van der Waals surface area (Å²) in [6.07, 6.45) is 5.44. The number of anilines is 1. The molecule has 1 aromatic rings. The number of nitrogens with zero attached hydrogens (tertiary/aromatic N) is 1. The first-order valence-corrected chi connectivity index (χ1v) is 6.69. The van der Waals surface area contributed by atoms with Gasteiger partial charge in [0.25, 0.3) is 0 Å². The maximum Gasteiger partial charge on any atom is 0.307 e. The minimum Gasteiger partial charge on any atom is -0.481 e. The van der Waals surface area contributed by atoms with Crippen molar-refractivity contribution in [1.82, 2.24) is 10.2 Å². The Kier molecular flexibility index (Phi) is 4.19. The van der Waals surface area contributed by atoms with E-state index < -0.39 is 17.8 Å². The number of carboxylic acids is 1. The zero-order valence-electron chi connectivity index (χ0n) is 11.0. The molecule has 6 heteroatoms. The van der Waals surface area contributed by atoms with Gasteiger partial charge < -0.3 is 10.4 Å². The zero-order valence-corrected chi connectivity index (χ0v) is 11.0. The smallest absolute Gasteiger partial charge is 0.307 e. The number of carbonyl (C=O) groups excluding carboxylic acids is 1. The first-order valence-electron chi connectivity index (χ1n) is 6.69. The van der Waals surface area contributed by atoms with Crippen molar-refractivity contribution < 1.29 is 14.7 Å². The van der Waals surface area contributed by atoms with E-state index in [1.165, 1.54) is 0 Å². The molecule has 1 fully saturated rings. The van der Waals surface area contributed by atoms with Crippen LogP contribution in [0.5, 0.6) is 0 Å². The number of nitrogens with one attached hydrogen (secondary N) is 2. The summed E-state index contributed by atoms with van der Waals surface area (Å²) in [5, 5.41) is 18.6. The number of hydrogen-bond acceptors (Lipinski definition) is 3. The molecule has 3 N–H and O–H groups in total. The Morgan fingerprint density at radius 2 is 2.11 bits per heavy atom. The minimum absolute atomic E-state index is 0.217. The second kappa shape index (κ2) is 5.86. The lowest BCUT2D eigenvalue weighted by molar-refractivity contribution is -0.147. The normalized spacial score (nSPS) is 23.0. The molecule has 19 heavy (non-hydrogen) atoms. The molecule has 6 nitrogen and oxygen atoms in total. The molecule has 2 unspecified atom stereocenters. The van der Waals surface area contributed by atoms with Gasteiger partial charge in [-0.3, -0.25) is 14.7 Å². The molecule has 104 valence electrons. The molecule has 0 saturated heterocycles. The van der Waals surface area contributed by atoms with E-state index in [4.69, 9.17) is 0 Å². The molecule has 0 bridgehead atoms. The van der Waals surface area contributed by atoms with Crippen molar-refractivity contribution in [3.05, 3.63) is 11.8 Å². The number of aryl methyl sites for hydroxylation is 1. The summed E-state index contributed by atoms with van der Waals surface area (Å²) in [4.78, 5) is 23.4. The Hall–Kier alpha value is -1.85. The van der Waals surface area contributed by atoms with Crippen molar-refractivity contribution in [3.8, 4) is 0 Å². The average molecular weight is 265 g/mol. The maximum atomic E-state index is 12.2. The number of carbonyl (C=O) groups is 2. The maximum absolute atomic E-state index is 12.2. The molecule has 2 rings (SSSR count). The molecule has 1 aliphatic rings. The summed E-state index contributed by atoms with van der Waals surface area (Å²) in [6.45, 7) is 1.97. The molecule has 0 aromatic carbocycles. The van der Waals surface area contributed by atoms with Gasteiger partial charge in [-0.2, -0.15) is 5.10 Å². The van der Waals surface area contributed by atoms with Crippen LogP contribution in [0.25, 0.3) is 0 Å². The Morgan fingerprint density at radius 3 is 2.74 bits per heavy atom. The monoisotopic (exact) mass is 265 g/mol. The zero-order chi connectivity index (χ0) is 13.8. The summed E-state index contributed by atoms with van der Waals surface area (Å²) in [6, 6.07) is 0. The van der Waals surface area contributed by atoms with Crippen molar-refractivity contribution >= 4 is 17.7 Å². The third-order valence-corrected chi connectivity index (χ3v) is 3.77. The lowest BCUT2D eigenvalue weighted by Crippen LogP contribution is -2.36. The van der Waals surface area contributed by atoms with E-state index in [2.05, 4.69) is 15.5 Å². The van der Waals surface area contributed by atoms with Crippen LogP contribution < -0.4 is 5.32 Å². The van der Waals surface area contributed by atoms with Crippen LogP contribution in [-0.4, -0.2) is 27.2 Å². The fourth-order valence-corrected chi connectivity index (χ4v) is 2.64.